The number of hydrogen-bond donors (Lipinski definition) is 0. The number of rotatable bonds is 5. The van der Waals surface area contributed by atoms with E-state index in [9.17, 15) is 0 Å². The Morgan fingerprint density at radius 3 is 2.75 bits per heavy atom. The predicted molar refractivity (Wildman–Crippen MR) is 81.5 cm³/mol. The van der Waals surface area contributed by atoms with Gasteiger partial charge in [0.25, 0.3) is 0 Å². The summed E-state index contributed by atoms with van der Waals surface area (Å²) in [5.74, 6) is 1.95. The van der Waals surface area contributed by atoms with Crippen LogP contribution < -0.4 is 4.74 Å². The van der Waals surface area contributed by atoms with Crippen LogP contribution in [0.4, 0.5) is 0 Å². The van der Waals surface area contributed by atoms with Crippen LogP contribution in [-0.2, 0) is 12.5 Å². The third-order valence-corrected chi connectivity index (χ3v) is 3.26. The first-order chi connectivity index (χ1) is 9.60. The summed E-state index contributed by atoms with van der Waals surface area (Å²) in [6, 6.07) is 7.54. The van der Waals surface area contributed by atoms with Gasteiger partial charge in [-0.15, -0.1) is 11.6 Å². The molecule has 0 N–H and O–H groups in total. The number of ether oxygens (including phenoxy) is 1. The Morgan fingerprint density at radius 1 is 1.30 bits per heavy atom. The van der Waals surface area contributed by atoms with Gasteiger partial charge in [-0.2, -0.15) is 0 Å². The largest absolute Gasteiger partial charge is 0.485 e. The Bertz CT molecular complexity index is 588. The first-order valence-electron chi connectivity index (χ1n) is 6.39. The van der Waals surface area contributed by atoms with E-state index in [1.165, 1.54) is 0 Å². The molecule has 1 heterocycles. The Kier molecular flexibility index (Phi) is 5.21. The van der Waals surface area contributed by atoms with Crippen molar-refractivity contribution in [3.05, 3.63) is 52.6 Å². The highest BCUT2D eigenvalue weighted by Crippen LogP contribution is 2.21. The van der Waals surface area contributed by atoms with Gasteiger partial charge in [0, 0.05) is 10.9 Å². The Morgan fingerprint density at radius 2 is 2.10 bits per heavy atom. The minimum atomic E-state index is 0.263. The topological polar surface area (TPSA) is 35.0 Å². The van der Waals surface area contributed by atoms with Gasteiger partial charge in [-0.05, 0) is 17.7 Å². The van der Waals surface area contributed by atoms with E-state index in [-0.39, 0.29) is 5.92 Å². The van der Waals surface area contributed by atoms with Crippen molar-refractivity contribution in [2.24, 2.45) is 0 Å². The van der Waals surface area contributed by atoms with Crippen LogP contribution in [-0.4, -0.2) is 9.97 Å². The fraction of sp³-hybridized carbons (Fsp3) is 0.333. The molecular formula is C15H16Cl2N2O. The molecule has 0 aliphatic carbocycles. The van der Waals surface area contributed by atoms with Gasteiger partial charge in [0.2, 0.25) is 0 Å². The summed E-state index contributed by atoms with van der Waals surface area (Å²) in [5.41, 5.74) is 1.71. The van der Waals surface area contributed by atoms with Crippen molar-refractivity contribution in [3.63, 3.8) is 0 Å². The van der Waals surface area contributed by atoms with Gasteiger partial charge in [-0.1, -0.05) is 37.6 Å². The lowest BCUT2D eigenvalue weighted by Gasteiger charge is -2.11. The van der Waals surface area contributed by atoms with Crippen molar-refractivity contribution >= 4 is 23.2 Å². The van der Waals surface area contributed by atoms with Crippen LogP contribution in [0.15, 0.2) is 30.5 Å². The van der Waals surface area contributed by atoms with E-state index in [2.05, 4.69) is 9.97 Å². The van der Waals surface area contributed by atoms with Crippen molar-refractivity contribution < 1.29 is 4.74 Å². The molecule has 2 aromatic rings. The van der Waals surface area contributed by atoms with Crippen LogP contribution in [0.25, 0.3) is 0 Å². The van der Waals surface area contributed by atoms with E-state index in [0.717, 1.165) is 11.4 Å². The van der Waals surface area contributed by atoms with Gasteiger partial charge < -0.3 is 4.74 Å². The van der Waals surface area contributed by atoms with Crippen molar-refractivity contribution in [2.75, 3.05) is 0 Å². The minimum absolute atomic E-state index is 0.263. The number of nitrogens with zero attached hydrogens (tertiary/aromatic N) is 2. The monoisotopic (exact) mass is 310 g/mol. The molecule has 0 aliphatic heterocycles. The molecule has 0 saturated heterocycles. The minimum Gasteiger partial charge on any atom is -0.485 e. The highest BCUT2D eigenvalue weighted by Gasteiger charge is 2.10. The van der Waals surface area contributed by atoms with Gasteiger partial charge in [0.15, 0.2) is 5.75 Å². The second kappa shape index (κ2) is 6.91. The maximum Gasteiger partial charge on any atom is 0.160 e. The molecule has 5 heteroatoms. The number of hydrogen-bond acceptors (Lipinski definition) is 3. The van der Waals surface area contributed by atoms with Gasteiger partial charge >= 0.3 is 0 Å². The molecule has 2 rings (SSSR count). The molecule has 0 amide bonds. The maximum absolute atomic E-state index is 5.94. The SMILES string of the molecule is CC(C)c1ncc(OCc2cccc(Cl)c2)c(CCl)n1. The molecule has 1 aromatic heterocycles. The molecule has 20 heavy (non-hydrogen) atoms. The molecule has 3 nitrogen and oxygen atoms in total. The first-order valence-corrected chi connectivity index (χ1v) is 7.30. The van der Waals surface area contributed by atoms with Gasteiger partial charge in [-0.25, -0.2) is 9.97 Å². The van der Waals surface area contributed by atoms with Crippen molar-refractivity contribution in [2.45, 2.75) is 32.3 Å². The zero-order valence-electron chi connectivity index (χ0n) is 11.4. The van der Waals surface area contributed by atoms with Crippen LogP contribution in [0.1, 0.15) is 36.8 Å². The molecule has 106 valence electrons. The lowest BCUT2D eigenvalue weighted by Crippen LogP contribution is -2.05. The first kappa shape index (κ1) is 15.1. The summed E-state index contributed by atoms with van der Waals surface area (Å²) >= 11 is 11.9. The quantitative estimate of drug-likeness (QED) is 0.759. The highest BCUT2D eigenvalue weighted by molar-refractivity contribution is 6.30. The molecule has 0 aliphatic rings. The van der Waals surface area contributed by atoms with Crippen LogP contribution >= 0.6 is 23.2 Å². The van der Waals surface area contributed by atoms with E-state index in [1.54, 1.807) is 6.20 Å². The smallest absolute Gasteiger partial charge is 0.160 e. The fourth-order valence-corrected chi connectivity index (χ4v) is 2.11. The van der Waals surface area contributed by atoms with Gasteiger partial charge in [0.1, 0.15) is 18.1 Å². The third-order valence-electron chi connectivity index (χ3n) is 2.77. The fourth-order valence-electron chi connectivity index (χ4n) is 1.70. The van der Waals surface area contributed by atoms with Crippen LogP contribution in [0.2, 0.25) is 5.02 Å². The van der Waals surface area contributed by atoms with Gasteiger partial charge in [-0.3, -0.25) is 0 Å². The number of halogens is 2. The van der Waals surface area contributed by atoms with E-state index >= 15 is 0 Å². The normalized spacial score (nSPS) is 10.8. The van der Waals surface area contributed by atoms with E-state index in [0.29, 0.717) is 29.0 Å². The molecule has 0 spiro atoms. The molecule has 0 atom stereocenters. The highest BCUT2D eigenvalue weighted by atomic mass is 35.5. The molecule has 0 bridgehead atoms. The summed E-state index contributed by atoms with van der Waals surface area (Å²) < 4.78 is 5.74. The predicted octanol–water partition coefficient (Wildman–Crippen LogP) is 4.57. The molecule has 0 saturated carbocycles. The Labute approximate surface area is 128 Å². The second-order valence-electron chi connectivity index (χ2n) is 4.75. The zero-order valence-corrected chi connectivity index (χ0v) is 12.9. The number of alkyl halides is 1. The third kappa shape index (κ3) is 3.84. The molecular weight excluding hydrogens is 295 g/mol. The van der Waals surface area contributed by atoms with Crippen molar-refractivity contribution in [1.29, 1.82) is 0 Å². The number of benzene rings is 1. The standard InChI is InChI=1S/C15H16Cl2N2O/c1-10(2)15-18-8-14(13(7-16)19-15)20-9-11-4-3-5-12(17)6-11/h3-6,8,10H,7,9H2,1-2H3. The van der Waals surface area contributed by atoms with E-state index in [4.69, 9.17) is 27.9 Å². The summed E-state index contributed by atoms with van der Waals surface area (Å²) in [5, 5.41) is 0.690. The van der Waals surface area contributed by atoms with Crippen LogP contribution in [0, 0.1) is 0 Å². The van der Waals surface area contributed by atoms with Crippen LogP contribution in [0.5, 0.6) is 5.75 Å². The summed E-state index contributed by atoms with van der Waals surface area (Å²) in [7, 11) is 0. The summed E-state index contributed by atoms with van der Waals surface area (Å²) in [6.45, 7) is 4.49. The van der Waals surface area contributed by atoms with E-state index < -0.39 is 0 Å². The lowest BCUT2D eigenvalue weighted by molar-refractivity contribution is 0.300. The average molecular weight is 311 g/mol. The lowest BCUT2D eigenvalue weighted by atomic mass is 10.2. The molecule has 0 unspecified atom stereocenters. The summed E-state index contributed by atoms with van der Waals surface area (Å²) in [6.07, 6.45) is 1.69. The van der Waals surface area contributed by atoms with Gasteiger partial charge in [0.05, 0.1) is 12.1 Å². The second-order valence-corrected chi connectivity index (χ2v) is 5.45. The van der Waals surface area contributed by atoms with Crippen molar-refractivity contribution in [3.8, 4) is 5.75 Å². The van der Waals surface area contributed by atoms with Crippen molar-refractivity contribution in [1.82, 2.24) is 9.97 Å². The molecule has 0 radical (unpaired) electrons. The van der Waals surface area contributed by atoms with E-state index in [1.807, 2.05) is 38.1 Å². The Hall–Kier alpha value is -1.32. The zero-order chi connectivity index (χ0) is 14.5. The number of aromatic nitrogens is 2. The molecule has 1 aromatic carbocycles. The molecule has 0 fully saturated rings. The summed E-state index contributed by atoms with van der Waals surface area (Å²) in [4.78, 5) is 8.72. The van der Waals surface area contributed by atoms with Crippen LogP contribution in [0.3, 0.4) is 0 Å². The average Bonchev–Trinajstić information content (AvgIpc) is 2.45. The maximum atomic E-state index is 5.94. The Balaban J connectivity index is 2.13.